The van der Waals surface area contributed by atoms with E-state index in [-0.39, 0.29) is 18.4 Å². The average Bonchev–Trinajstić information content (AvgIpc) is 3.29. The summed E-state index contributed by atoms with van der Waals surface area (Å²) < 4.78 is 7.55. The molecule has 1 aliphatic carbocycles. The van der Waals surface area contributed by atoms with E-state index in [4.69, 9.17) is 9.72 Å². The van der Waals surface area contributed by atoms with Crippen molar-refractivity contribution >= 4 is 28.5 Å². The Bertz CT molecular complexity index is 971. The van der Waals surface area contributed by atoms with Crippen molar-refractivity contribution in [1.29, 1.82) is 0 Å². The van der Waals surface area contributed by atoms with Crippen LogP contribution in [0.3, 0.4) is 0 Å². The van der Waals surface area contributed by atoms with Gasteiger partial charge in [-0.15, -0.1) is 0 Å². The number of hydrogen-bond donors (Lipinski definition) is 3. The third kappa shape index (κ3) is 3.94. The summed E-state index contributed by atoms with van der Waals surface area (Å²) in [5.74, 6) is 0.875. The molecular weight excluding hydrogens is 384 g/mol. The third-order valence-corrected chi connectivity index (χ3v) is 6.06. The van der Waals surface area contributed by atoms with Gasteiger partial charge in [-0.3, -0.25) is 9.59 Å². The van der Waals surface area contributed by atoms with Crippen LogP contribution in [0.2, 0.25) is 0 Å². The van der Waals surface area contributed by atoms with Crippen LogP contribution in [0.4, 0.5) is 5.69 Å². The molecule has 2 fully saturated rings. The highest BCUT2D eigenvalue weighted by Crippen LogP contribution is 2.38. The fourth-order valence-corrected chi connectivity index (χ4v) is 4.04. The second-order valence-electron chi connectivity index (χ2n) is 9.04. The monoisotopic (exact) mass is 414 g/mol. The highest BCUT2D eigenvalue weighted by atomic mass is 16.5. The standard InChI is InChI=1S/C22H30N4O4/c1-22(2,12-27)25-20(28)14-10-15-18(26(3)19(23-15)13-6-4-7-13)16(11-14)24-21(29)17-8-5-9-30-17/h10-11,13,17,27H,4-9,12H2,1-3H3,(H,24,29)(H,25,28). The largest absolute Gasteiger partial charge is 0.394 e. The minimum absolute atomic E-state index is 0.182. The summed E-state index contributed by atoms with van der Waals surface area (Å²) in [6.45, 7) is 3.90. The lowest BCUT2D eigenvalue weighted by molar-refractivity contribution is -0.124. The zero-order valence-corrected chi connectivity index (χ0v) is 17.8. The van der Waals surface area contributed by atoms with Crippen LogP contribution >= 0.6 is 0 Å². The Morgan fingerprint density at radius 1 is 1.27 bits per heavy atom. The second-order valence-corrected chi connectivity index (χ2v) is 9.04. The normalized spacial score (nSPS) is 19.7. The molecule has 2 aliphatic rings. The van der Waals surface area contributed by atoms with Crippen LogP contribution in [-0.4, -0.2) is 51.3 Å². The molecule has 1 unspecified atom stereocenters. The van der Waals surface area contributed by atoms with Crippen molar-refractivity contribution in [2.75, 3.05) is 18.5 Å². The van der Waals surface area contributed by atoms with Gasteiger partial charge in [-0.1, -0.05) is 6.42 Å². The van der Waals surface area contributed by atoms with Gasteiger partial charge in [0.2, 0.25) is 0 Å². The molecule has 8 heteroatoms. The first kappa shape index (κ1) is 20.8. The highest BCUT2D eigenvalue weighted by Gasteiger charge is 2.29. The van der Waals surface area contributed by atoms with Gasteiger partial charge >= 0.3 is 0 Å². The number of carbonyl (C=O) groups excluding carboxylic acids is 2. The Morgan fingerprint density at radius 2 is 2.03 bits per heavy atom. The van der Waals surface area contributed by atoms with Crippen LogP contribution in [0.15, 0.2) is 12.1 Å². The maximum absolute atomic E-state index is 12.9. The molecule has 4 rings (SSSR count). The van der Waals surface area contributed by atoms with Crippen molar-refractivity contribution in [2.45, 2.75) is 63.5 Å². The summed E-state index contributed by atoms with van der Waals surface area (Å²) in [5.41, 5.74) is 1.68. The van der Waals surface area contributed by atoms with Crippen LogP contribution in [-0.2, 0) is 16.6 Å². The van der Waals surface area contributed by atoms with Crippen molar-refractivity contribution in [2.24, 2.45) is 7.05 Å². The van der Waals surface area contributed by atoms with Gasteiger partial charge in [-0.25, -0.2) is 4.98 Å². The van der Waals surface area contributed by atoms with Gasteiger partial charge in [0.1, 0.15) is 11.9 Å². The molecule has 1 atom stereocenters. The van der Waals surface area contributed by atoms with Gasteiger partial charge in [0.25, 0.3) is 11.8 Å². The lowest BCUT2D eigenvalue weighted by atomic mass is 9.85. The van der Waals surface area contributed by atoms with Crippen molar-refractivity contribution in [3.8, 4) is 0 Å². The fourth-order valence-electron chi connectivity index (χ4n) is 4.04. The number of fused-ring (bicyclic) bond motifs is 1. The number of ether oxygens (including phenoxy) is 1. The minimum Gasteiger partial charge on any atom is -0.394 e. The second kappa shape index (κ2) is 8.00. The molecule has 30 heavy (non-hydrogen) atoms. The summed E-state index contributed by atoms with van der Waals surface area (Å²) in [6.07, 6.45) is 4.49. The van der Waals surface area contributed by atoms with Gasteiger partial charge in [0.15, 0.2) is 0 Å². The van der Waals surface area contributed by atoms with Crippen molar-refractivity contribution in [3.63, 3.8) is 0 Å². The Labute approximate surface area is 176 Å². The predicted octanol–water partition coefficient (Wildman–Crippen LogP) is 2.46. The topological polar surface area (TPSA) is 105 Å². The van der Waals surface area contributed by atoms with E-state index in [2.05, 4.69) is 10.6 Å². The summed E-state index contributed by atoms with van der Waals surface area (Å²) in [5, 5.41) is 15.3. The molecule has 0 spiro atoms. The number of aliphatic hydroxyl groups excluding tert-OH is 1. The number of hydrogen-bond acceptors (Lipinski definition) is 5. The van der Waals surface area contributed by atoms with E-state index in [1.165, 1.54) is 6.42 Å². The summed E-state index contributed by atoms with van der Waals surface area (Å²) in [6, 6.07) is 3.44. The smallest absolute Gasteiger partial charge is 0.253 e. The molecular formula is C22H30N4O4. The molecule has 1 saturated heterocycles. The molecule has 0 radical (unpaired) electrons. The number of aliphatic hydroxyl groups is 1. The number of carbonyl (C=O) groups is 2. The number of aromatic nitrogens is 2. The number of amides is 2. The average molecular weight is 415 g/mol. The number of aryl methyl sites for hydroxylation is 1. The van der Waals surface area contributed by atoms with Gasteiger partial charge < -0.3 is 25.0 Å². The Kier molecular flexibility index (Phi) is 5.55. The van der Waals surface area contributed by atoms with Crippen molar-refractivity contribution in [3.05, 3.63) is 23.5 Å². The molecule has 162 valence electrons. The molecule has 0 bridgehead atoms. The molecule has 1 aromatic heterocycles. The molecule has 2 aromatic rings. The van der Waals surface area contributed by atoms with E-state index in [0.717, 1.165) is 30.6 Å². The predicted molar refractivity (Wildman–Crippen MR) is 114 cm³/mol. The van der Waals surface area contributed by atoms with E-state index < -0.39 is 11.6 Å². The lowest BCUT2D eigenvalue weighted by Gasteiger charge is -2.24. The maximum Gasteiger partial charge on any atom is 0.253 e. The van der Waals surface area contributed by atoms with Crippen molar-refractivity contribution < 1.29 is 19.4 Å². The molecule has 2 heterocycles. The van der Waals surface area contributed by atoms with E-state index in [9.17, 15) is 14.7 Å². The molecule has 8 nitrogen and oxygen atoms in total. The molecule has 2 amide bonds. The number of rotatable bonds is 6. The summed E-state index contributed by atoms with van der Waals surface area (Å²) in [7, 11) is 1.96. The lowest BCUT2D eigenvalue weighted by Crippen LogP contribution is -2.46. The van der Waals surface area contributed by atoms with Gasteiger partial charge in [-0.2, -0.15) is 0 Å². The van der Waals surface area contributed by atoms with Crippen LogP contribution in [0, 0.1) is 0 Å². The van der Waals surface area contributed by atoms with E-state index in [1.807, 2.05) is 11.6 Å². The van der Waals surface area contributed by atoms with Crippen LogP contribution in [0.1, 0.15) is 68.1 Å². The van der Waals surface area contributed by atoms with Gasteiger partial charge in [0, 0.05) is 25.1 Å². The van der Waals surface area contributed by atoms with Crippen LogP contribution in [0.5, 0.6) is 0 Å². The first-order valence-corrected chi connectivity index (χ1v) is 10.7. The molecule has 3 N–H and O–H groups in total. The quantitative estimate of drug-likeness (QED) is 0.673. The first-order valence-electron chi connectivity index (χ1n) is 10.7. The Balaban J connectivity index is 1.74. The maximum atomic E-state index is 12.9. The highest BCUT2D eigenvalue weighted by molar-refractivity contribution is 6.06. The Morgan fingerprint density at radius 3 is 2.63 bits per heavy atom. The Hall–Kier alpha value is -2.45. The fraction of sp³-hybridized carbons (Fsp3) is 0.591. The van der Waals surface area contributed by atoms with Crippen LogP contribution in [0.25, 0.3) is 11.0 Å². The van der Waals surface area contributed by atoms with E-state index >= 15 is 0 Å². The van der Waals surface area contributed by atoms with E-state index in [0.29, 0.717) is 35.7 Å². The van der Waals surface area contributed by atoms with Crippen molar-refractivity contribution in [1.82, 2.24) is 14.9 Å². The number of benzene rings is 1. The van der Waals surface area contributed by atoms with Crippen LogP contribution < -0.4 is 10.6 Å². The number of imidazole rings is 1. The molecule has 1 aliphatic heterocycles. The van der Waals surface area contributed by atoms with Gasteiger partial charge in [-0.05, 0) is 51.7 Å². The zero-order valence-electron chi connectivity index (χ0n) is 17.8. The number of nitrogens with one attached hydrogen (secondary N) is 2. The van der Waals surface area contributed by atoms with Gasteiger partial charge in [0.05, 0.1) is 28.9 Å². The molecule has 1 saturated carbocycles. The first-order chi connectivity index (χ1) is 14.3. The summed E-state index contributed by atoms with van der Waals surface area (Å²) >= 11 is 0. The summed E-state index contributed by atoms with van der Waals surface area (Å²) in [4.78, 5) is 30.4. The van der Waals surface area contributed by atoms with E-state index in [1.54, 1.807) is 26.0 Å². The zero-order chi connectivity index (χ0) is 21.5. The minimum atomic E-state index is -0.756. The third-order valence-electron chi connectivity index (χ3n) is 6.06. The number of nitrogens with zero attached hydrogens (tertiary/aromatic N) is 2. The SMILES string of the molecule is Cn1c(C2CCC2)nc2cc(C(=O)NC(C)(C)CO)cc(NC(=O)C3CCCO3)c21. The molecule has 1 aromatic carbocycles. The number of anilines is 1.